The molecular formula is C13H14N2O5. The number of ether oxygens (including phenoxy) is 1. The summed E-state index contributed by atoms with van der Waals surface area (Å²) < 4.78 is 4.09. The molecule has 20 heavy (non-hydrogen) atoms. The summed E-state index contributed by atoms with van der Waals surface area (Å²) in [6.07, 6.45) is -1.24. The molecule has 0 radical (unpaired) electrons. The standard InChI is InChI=1S/C13H14N2O5/c1-8(10-6-4-3-5-7-10)11(17)14-12(18)15-13(19)20-9(2)16/h3-8H,1-2H3,(H2,14,15,17,18,19). The molecule has 1 unspecified atom stereocenters. The SMILES string of the molecule is CC(=O)OC(=O)NC(=O)NC(=O)C(C)c1ccccc1. The molecule has 1 atom stereocenters. The van der Waals surface area contributed by atoms with Crippen LogP contribution in [0.5, 0.6) is 0 Å². The Morgan fingerprint density at radius 1 is 1.05 bits per heavy atom. The van der Waals surface area contributed by atoms with Gasteiger partial charge in [-0.1, -0.05) is 30.3 Å². The highest BCUT2D eigenvalue weighted by Crippen LogP contribution is 2.14. The van der Waals surface area contributed by atoms with Crippen LogP contribution in [0.1, 0.15) is 25.3 Å². The summed E-state index contributed by atoms with van der Waals surface area (Å²) in [6, 6.07) is 7.77. The number of urea groups is 1. The summed E-state index contributed by atoms with van der Waals surface area (Å²) >= 11 is 0. The van der Waals surface area contributed by atoms with Gasteiger partial charge in [0, 0.05) is 6.92 Å². The van der Waals surface area contributed by atoms with Crippen LogP contribution < -0.4 is 10.6 Å². The highest BCUT2D eigenvalue weighted by molar-refractivity contribution is 6.03. The lowest BCUT2D eigenvalue weighted by atomic mass is 10.0. The molecular weight excluding hydrogens is 264 g/mol. The number of nitrogens with one attached hydrogen (secondary N) is 2. The van der Waals surface area contributed by atoms with E-state index in [1.165, 1.54) is 0 Å². The third-order valence-electron chi connectivity index (χ3n) is 2.38. The second kappa shape index (κ2) is 7.03. The van der Waals surface area contributed by atoms with Gasteiger partial charge in [-0.25, -0.2) is 14.9 Å². The van der Waals surface area contributed by atoms with Gasteiger partial charge in [0.2, 0.25) is 5.91 Å². The van der Waals surface area contributed by atoms with E-state index >= 15 is 0 Å². The Bertz CT molecular complexity index is 527. The first kappa shape index (κ1) is 15.4. The molecule has 0 aliphatic heterocycles. The Morgan fingerprint density at radius 2 is 1.65 bits per heavy atom. The predicted octanol–water partition coefficient (Wildman–Crippen LogP) is 1.30. The molecule has 106 valence electrons. The van der Waals surface area contributed by atoms with Crippen LogP contribution in [0.25, 0.3) is 0 Å². The fourth-order valence-electron chi connectivity index (χ4n) is 1.39. The molecule has 0 spiro atoms. The zero-order chi connectivity index (χ0) is 15.1. The van der Waals surface area contributed by atoms with Gasteiger partial charge in [0.05, 0.1) is 5.92 Å². The van der Waals surface area contributed by atoms with Crippen LogP contribution in [0.2, 0.25) is 0 Å². The minimum Gasteiger partial charge on any atom is -0.376 e. The zero-order valence-electron chi connectivity index (χ0n) is 11.0. The quantitative estimate of drug-likeness (QED) is 0.627. The van der Waals surface area contributed by atoms with Crippen LogP contribution in [-0.4, -0.2) is 24.0 Å². The number of hydrogen-bond acceptors (Lipinski definition) is 5. The largest absolute Gasteiger partial charge is 0.423 e. The smallest absolute Gasteiger partial charge is 0.376 e. The van der Waals surface area contributed by atoms with E-state index in [4.69, 9.17) is 0 Å². The Labute approximate surface area is 115 Å². The first-order valence-electron chi connectivity index (χ1n) is 5.79. The maximum atomic E-state index is 11.8. The van der Waals surface area contributed by atoms with Crippen molar-refractivity contribution >= 4 is 24.0 Å². The lowest BCUT2D eigenvalue weighted by molar-refractivity contribution is -0.134. The molecule has 2 N–H and O–H groups in total. The molecule has 0 aromatic heterocycles. The van der Waals surface area contributed by atoms with Gasteiger partial charge in [-0.3, -0.25) is 14.9 Å². The number of esters is 1. The molecule has 0 saturated heterocycles. The van der Waals surface area contributed by atoms with Crippen LogP contribution in [0, 0.1) is 0 Å². The minimum atomic E-state index is -1.24. The Hall–Kier alpha value is -2.70. The Kier molecular flexibility index (Phi) is 5.40. The average molecular weight is 278 g/mol. The summed E-state index contributed by atoms with van der Waals surface area (Å²) in [5.41, 5.74) is 0.726. The average Bonchev–Trinajstić information content (AvgIpc) is 2.37. The van der Waals surface area contributed by atoms with Crippen LogP contribution in [0.15, 0.2) is 30.3 Å². The first-order valence-corrected chi connectivity index (χ1v) is 5.79. The maximum absolute atomic E-state index is 11.8. The van der Waals surface area contributed by atoms with Crippen molar-refractivity contribution in [2.75, 3.05) is 0 Å². The number of imide groups is 2. The molecule has 7 heteroatoms. The molecule has 0 saturated carbocycles. The van der Waals surface area contributed by atoms with Gasteiger partial charge in [-0.15, -0.1) is 0 Å². The molecule has 0 aliphatic rings. The number of amides is 4. The van der Waals surface area contributed by atoms with Gasteiger partial charge in [0.25, 0.3) is 0 Å². The Morgan fingerprint density at radius 3 is 2.20 bits per heavy atom. The van der Waals surface area contributed by atoms with E-state index in [0.717, 1.165) is 12.5 Å². The highest BCUT2D eigenvalue weighted by Gasteiger charge is 2.19. The number of hydrogen-bond donors (Lipinski definition) is 2. The van der Waals surface area contributed by atoms with Crippen molar-refractivity contribution in [1.82, 2.24) is 10.6 Å². The monoisotopic (exact) mass is 278 g/mol. The molecule has 0 aliphatic carbocycles. The summed E-state index contributed by atoms with van der Waals surface area (Å²) in [6.45, 7) is 2.63. The maximum Gasteiger partial charge on any atom is 0.423 e. The molecule has 7 nitrogen and oxygen atoms in total. The van der Waals surface area contributed by atoms with Crippen molar-refractivity contribution in [2.45, 2.75) is 19.8 Å². The summed E-state index contributed by atoms with van der Waals surface area (Å²) in [5.74, 6) is -2.01. The second-order valence-electron chi connectivity index (χ2n) is 3.96. The van der Waals surface area contributed by atoms with Crippen LogP contribution >= 0.6 is 0 Å². The lowest BCUT2D eigenvalue weighted by Crippen LogP contribution is -2.44. The topological polar surface area (TPSA) is 102 Å². The molecule has 0 fully saturated rings. The molecule has 0 heterocycles. The highest BCUT2D eigenvalue weighted by atomic mass is 16.6. The summed E-state index contributed by atoms with van der Waals surface area (Å²) in [7, 11) is 0. The van der Waals surface area contributed by atoms with Gasteiger partial charge < -0.3 is 4.74 Å². The summed E-state index contributed by atoms with van der Waals surface area (Å²) in [4.78, 5) is 44.5. The molecule has 0 bridgehead atoms. The zero-order valence-corrected chi connectivity index (χ0v) is 11.0. The van der Waals surface area contributed by atoms with E-state index < -0.39 is 29.9 Å². The minimum absolute atomic E-state index is 0.564. The van der Waals surface area contributed by atoms with Crippen molar-refractivity contribution in [3.63, 3.8) is 0 Å². The Balaban J connectivity index is 2.52. The van der Waals surface area contributed by atoms with Gasteiger partial charge in [-0.2, -0.15) is 0 Å². The number of alkyl carbamates (subject to hydrolysis) is 1. The molecule has 1 aromatic carbocycles. The lowest BCUT2D eigenvalue weighted by Gasteiger charge is -2.11. The van der Waals surface area contributed by atoms with Crippen molar-refractivity contribution in [3.8, 4) is 0 Å². The van der Waals surface area contributed by atoms with E-state index in [-0.39, 0.29) is 0 Å². The molecule has 1 aromatic rings. The van der Waals surface area contributed by atoms with E-state index in [9.17, 15) is 19.2 Å². The molecule has 4 amide bonds. The normalized spacial score (nSPS) is 11.1. The van der Waals surface area contributed by atoms with E-state index in [0.29, 0.717) is 0 Å². The number of benzene rings is 1. The van der Waals surface area contributed by atoms with Crippen molar-refractivity contribution in [3.05, 3.63) is 35.9 Å². The van der Waals surface area contributed by atoms with Gasteiger partial charge in [-0.05, 0) is 12.5 Å². The van der Waals surface area contributed by atoms with Crippen LogP contribution in [-0.2, 0) is 14.3 Å². The number of carbonyl (C=O) groups excluding carboxylic acids is 4. The predicted molar refractivity (Wildman–Crippen MR) is 68.7 cm³/mol. The molecule has 1 rings (SSSR count). The van der Waals surface area contributed by atoms with Crippen LogP contribution in [0.3, 0.4) is 0 Å². The fourth-order valence-corrected chi connectivity index (χ4v) is 1.39. The first-order chi connectivity index (χ1) is 9.40. The third-order valence-corrected chi connectivity index (χ3v) is 2.38. The van der Waals surface area contributed by atoms with Crippen molar-refractivity contribution in [2.24, 2.45) is 0 Å². The second-order valence-corrected chi connectivity index (χ2v) is 3.96. The van der Waals surface area contributed by atoms with E-state index in [1.807, 2.05) is 5.32 Å². The van der Waals surface area contributed by atoms with Crippen LogP contribution in [0.4, 0.5) is 9.59 Å². The number of rotatable bonds is 2. The van der Waals surface area contributed by atoms with Gasteiger partial charge >= 0.3 is 18.1 Å². The van der Waals surface area contributed by atoms with Crippen molar-refractivity contribution in [1.29, 1.82) is 0 Å². The third kappa shape index (κ3) is 4.89. The van der Waals surface area contributed by atoms with E-state index in [2.05, 4.69) is 4.74 Å². The fraction of sp³-hybridized carbons (Fsp3) is 0.231. The number of carbonyl (C=O) groups is 4. The van der Waals surface area contributed by atoms with Crippen molar-refractivity contribution < 1.29 is 23.9 Å². The van der Waals surface area contributed by atoms with Gasteiger partial charge in [0.1, 0.15) is 0 Å². The van der Waals surface area contributed by atoms with E-state index in [1.54, 1.807) is 42.6 Å². The van der Waals surface area contributed by atoms with Gasteiger partial charge in [0.15, 0.2) is 0 Å². The summed E-state index contributed by atoms with van der Waals surface area (Å²) in [5, 5.41) is 3.68.